The van der Waals surface area contributed by atoms with Crippen molar-refractivity contribution >= 4 is 5.97 Å². The molecule has 1 aromatic rings. The minimum Gasteiger partial charge on any atom is -0.462 e. The molecule has 0 saturated carbocycles. The van der Waals surface area contributed by atoms with Crippen molar-refractivity contribution in [1.82, 2.24) is 0 Å². The fraction of sp³-hybridized carbons (Fsp3) is 0.667. The van der Waals surface area contributed by atoms with Gasteiger partial charge in [-0.25, -0.2) is 0 Å². The SMILES string of the molecule is CCCCCCCC(CCCO)OC(=O)C(CC)c1ccccc1. The predicted molar refractivity (Wildman–Crippen MR) is 99.0 cm³/mol. The number of aliphatic hydroxyl groups is 1. The molecule has 0 saturated heterocycles. The maximum Gasteiger partial charge on any atom is 0.313 e. The summed E-state index contributed by atoms with van der Waals surface area (Å²) in [5, 5.41) is 9.08. The average molecular weight is 334 g/mol. The summed E-state index contributed by atoms with van der Waals surface area (Å²) in [7, 11) is 0. The van der Waals surface area contributed by atoms with E-state index in [0.29, 0.717) is 6.42 Å². The summed E-state index contributed by atoms with van der Waals surface area (Å²) < 4.78 is 5.82. The van der Waals surface area contributed by atoms with Crippen molar-refractivity contribution in [1.29, 1.82) is 0 Å². The topological polar surface area (TPSA) is 46.5 Å². The Hall–Kier alpha value is -1.35. The van der Waals surface area contributed by atoms with E-state index in [1.165, 1.54) is 25.7 Å². The van der Waals surface area contributed by atoms with Gasteiger partial charge in [0.05, 0.1) is 5.92 Å². The van der Waals surface area contributed by atoms with Gasteiger partial charge in [0.25, 0.3) is 0 Å². The van der Waals surface area contributed by atoms with Crippen LogP contribution in [0.2, 0.25) is 0 Å². The fourth-order valence-electron chi connectivity index (χ4n) is 3.03. The number of rotatable bonds is 13. The molecule has 24 heavy (non-hydrogen) atoms. The van der Waals surface area contributed by atoms with Gasteiger partial charge < -0.3 is 9.84 Å². The maximum atomic E-state index is 12.6. The number of benzene rings is 1. The second-order valence-corrected chi connectivity index (χ2v) is 6.50. The lowest BCUT2D eigenvalue weighted by atomic mass is 9.96. The molecule has 136 valence electrons. The van der Waals surface area contributed by atoms with Crippen LogP contribution in [0.3, 0.4) is 0 Å². The van der Waals surface area contributed by atoms with E-state index in [2.05, 4.69) is 6.92 Å². The lowest BCUT2D eigenvalue weighted by Crippen LogP contribution is -2.23. The third kappa shape index (κ3) is 7.96. The number of carbonyl (C=O) groups is 1. The van der Waals surface area contributed by atoms with Crippen LogP contribution in [0.4, 0.5) is 0 Å². The minimum atomic E-state index is -0.192. The zero-order chi connectivity index (χ0) is 17.6. The van der Waals surface area contributed by atoms with E-state index in [1.807, 2.05) is 37.3 Å². The van der Waals surface area contributed by atoms with E-state index in [4.69, 9.17) is 9.84 Å². The van der Waals surface area contributed by atoms with Gasteiger partial charge in [0.1, 0.15) is 6.10 Å². The Labute approximate surface area is 147 Å². The summed E-state index contributed by atoms with van der Waals surface area (Å²) in [6.07, 6.45) is 9.05. The zero-order valence-electron chi connectivity index (χ0n) is 15.4. The van der Waals surface area contributed by atoms with Crippen LogP contribution >= 0.6 is 0 Å². The van der Waals surface area contributed by atoms with Crippen molar-refractivity contribution in [2.75, 3.05) is 6.61 Å². The summed E-state index contributed by atoms with van der Waals surface area (Å²) in [6, 6.07) is 9.86. The van der Waals surface area contributed by atoms with Crippen LogP contribution in [-0.2, 0) is 9.53 Å². The van der Waals surface area contributed by atoms with E-state index >= 15 is 0 Å². The molecule has 3 heteroatoms. The number of unbranched alkanes of at least 4 members (excludes halogenated alkanes) is 4. The van der Waals surface area contributed by atoms with Crippen molar-refractivity contribution in [2.45, 2.75) is 83.7 Å². The lowest BCUT2D eigenvalue weighted by molar-refractivity contribution is -0.152. The number of esters is 1. The van der Waals surface area contributed by atoms with Gasteiger partial charge in [0.2, 0.25) is 0 Å². The van der Waals surface area contributed by atoms with Gasteiger partial charge >= 0.3 is 5.97 Å². The molecule has 0 fully saturated rings. The first kappa shape index (κ1) is 20.7. The molecule has 1 aromatic carbocycles. The van der Waals surface area contributed by atoms with Gasteiger partial charge in [-0.2, -0.15) is 0 Å². The van der Waals surface area contributed by atoms with Crippen LogP contribution in [0.1, 0.15) is 83.1 Å². The number of ether oxygens (including phenoxy) is 1. The van der Waals surface area contributed by atoms with Gasteiger partial charge in [-0.3, -0.25) is 4.79 Å². The highest BCUT2D eigenvalue weighted by atomic mass is 16.5. The Morgan fingerprint density at radius 1 is 1.00 bits per heavy atom. The Balaban J connectivity index is 2.54. The quantitative estimate of drug-likeness (QED) is 0.397. The molecule has 0 aromatic heterocycles. The first-order valence-electron chi connectivity index (χ1n) is 9.59. The van der Waals surface area contributed by atoms with Crippen LogP contribution in [0.15, 0.2) is 30.3 Å². The number of carbonyl (C=O) groups excluding carboxylic acids is 1. The van der Waals surface area contributed by atoms with Crippen LogP contribution in [-0.4, -0.2) is 23.8 Å². The Morgan fingerprint density at radius 2 is 1.67 bits per heavy atom. The number of hydrogen-bond acceptors (Lipinski definition) is 3. The normalized spacial score (nSPS) is 13.5. The summed E-state index contributed by atoms with van der Waals surface area (Å²) in [5.74, 6) is -0.317. The largest absolute Gasteiger partial charge is 0.462 e. The van der Waals surface area contributed by atoms with Crippen LogP contribution in [0.5, 0.6) is 0 Å². The molecule has 1 N–H and O–H groups in total. The Morgan fingerprint density at radius 3 is 2.29 bits per heavy atom. The summed E-state index contributed by atoms with van der Waals surface area (Å²) >= 11 is 0. The average Bonchev–Trinajstić information content (AvgIpc) is 2.60. The fourth-order valence-corrected chi connectivity index (χ4v) is 3.03. The molecule has 0 spiro atoms. The van der Waals surface area contributed by atoms with Crippen molar-refractivity contribution < 1.29 is 14.6 Å². The van der Waals surface area contributed by atoms with E-state index in [1.54, 1.807) is 0 Å². The highest BCUT2D eigenvalue weighted by Gasteiger charge is 2.23. The van der Waals surface area contributed by atoms with Crippen molar-refractivity contribution in [3.63, 3.8) is 0 Å². The summed E-state index contributed by atoms with van der Waals surface area (Å²) in [5.41, 5.74) is 1.02. The second-order valence-electron chi connectivity index (χ2n) is 6.50. The van der Waals surface area contributed by atoms with Crippen molar-refractivity contribution in [3.8, 4) is 0 Å². The van der Waals surface area contributed by atoms with Crippen molar-refractivity contribution in [2.24, 2.45) is 0 Å². The molecule has 0 amide bonds. The molecule has 1 rings (SSSR count). The van der Waals surface area contributed by atoms with Gasteiger partial charge in [-0.05, 0) is 37.7 Å². The molecule has 3 nitrogen and oxygen atoms in total. The van der Waals surface area contributed by atoms with Gasteiger partial charge in [-0.1, -0.05) is 69.9 Å². The molecular formula is C21H34O3. The Bertz CT molecular complexity index is 430. The smallest absolute Gasteiger partial charge is 0.313 e. The highest BCUT2D eigenvalue weighted by molar-refractivity contribution is 5.78. The predicted octanol–water partition coefficient (Wildman–Crippen LogP) is 5.23. The third-order valence-corrected chi connectivity index (χ3v) is 4.49. The monoisotopic (exact) mass is 334 g/mol. The summed E-state index contributed by atoms with van der Waals surface area (Å²) in [4.78, 5) is 12.6. The standard InChI is InChI=1S/C21H34O3/c1-3-5-6-7-11-15-19(16-12-17-22)24-21(23)20(4-2)18-13-9-8-10-14-18/h8-10,13-14,19-20,22H,3-7,11-12,15-17H2,1-2H3. The first-order chi connectivity index (χ1) is 11.7. The molecular weight excluding hydrogens is 300 g/mol. The first-order valence-corrected chi connectivity index (χ1v) is 9.59. The van der Waals surface area contributed by atoms with E-state index in [0.717, 1.165) is 31.2 Å². The summed E-state index contributed by atoms with van der Waals surface area (Å²) in [6.45, 7) is 4.38. The maximum absolute atomic E-state index is 12.6. The molecule has 0 heterocycles. The molecule has 2 unspecified atom stereocenters. The van der Waals surface area contributed by atoms with E-state index < -0.39 is 0 Å². The third-order valence-electron chi connectivity index (χ3n) is 4.49. The number of aliphatic hydroxyl groups excluding tert-OH is 1. The van der Waals surface area contributed by atoms with E-state index in [9.17, 15) is 4.79 Å². The van der Waals surface area contributed by atoms with Crippen LogP contribution in [0, 0.1) is 0 Å². The molecule has 0 bridgehead atoms. The number of hydrogen-bond donors (Lipinski definition) is 1. The van der Waals surface area contributed by atoms with Gasteiger partial charge in [-0.15, -0.1) is 0 Å². The van der Waals surface area contributed by atoms with E-state index in [-0.39, 0.29) is 24.6 Å². The van der Waals surface area contributed by atoms with Crippen molar-refractivity contribution in [3.05, 3.63) is 35.9 Å². The van der Waals surface area contributed by atoms with Crippen LogP contribution < -0.4 is 0 Å². The lowest BCUT2D eigenvalue weighted by Gasteiger charge is -2.21. The molecule has 0 aliphatic carbocycles. The molecule has 2 atom stereocenters. The minimum absolute atomic E-state index is 0.0657. The highest BCUT2D eigenvalue weighted by Crippen LogP contribution is 2.23. The molecule has 0 aliphatic rings. The van der Waals surface area contributed by atoms with Crippen LogP contribution in [0.25, 0.3) is 0 Å². The second kappa shape index (κ2) is 13.0. The molecule has 0 radical (unpaired) electrons. The zero-order valence-corrected chi connectivity index (χ0v) is 15.4. The van der Waals surface area contributed by atoms with Gasteiger partial charge in [0.15, 0.2) is 0 Å². The molecule has 0 aliphatic heterocycles. The van der Waals surface area contributed by atoms with Gasteiger partial charge in [0, 0.05) is 6.61 Å². The Kier molecular flexibility index (Phi) is 11.2.